The topological polar surface area (TPSA) is 72.5 Å². The molecule has 0 heterocycles. The third kappa shape index (κ3) is 3.10. The Morgan fingerprint density at radius 1 is 1.16 bits per heavy atom. The van der Waals surface area contributed by atoms with E-state index in [0.29, 0.717) is 21.5 Å². The quantitative estimate of drug-likeness (QED) is 0.838. The smallest absolute Gasteiger partial charge is 0.337 e. The first-order valence-corrected chi connectivity index (χ1v) is 5.98. The zero-order valence-electron chi connectivity index (χ0n) is 9.56. The molecular weight excluding hydrogens is 289 g/mol. The van der Waals surface area contributed by atoms with E-state index in [1.807, 2.05) is 0 Å². The second kappa shape index (κ2) is 5.38. The maximum absolute atomic E-state index is 11.0. The molecule has 2 aromatic rings. The highest BCUT2D eigenvalue weighted by Gasteiger charge is 2.11. The number of benzene rings is 2. The summed E-state index contributed by atoms with van der Waals surface area (Å²) in [5.41, 5.74) is 5.69. The fourth-order valence-electron chi connectivity index (χ4n) is 1.47. The van der Waals surface area contributed by atoms with Gasteiger partial charge in [-0.3, -0.25) is 0 Å². The Balaban J connectivity index is 2.36. The highest BCUT2D eigenvalue weighted by Crippen LogP contribution is 2.32. The van der Waals surface area contributed by atoms with E-state index in [2.05, 4.69) is 0 Å². The van der Waals surface area contributed by atoms with Crippen LogP contribution >= 0.6 is 23.2 Å². The summed E-state index contributed by atoms with van der Waals surface area (Å²) in [7, 11) is 0. The molecule has 0 bridgehead atoms. The Morgan fingerprint density at radius 2 is 1.89 bits per heavy atom. The van der Waals surface area contributed by atoms with Crippen LogP contribution in [0.2, 0.25) is 10.0 Å². The SMILES string of the molecule is Nc1ccc(Oc2cc(Cl)ccc2Cl)cc1C(=O)O. The van der Waals surface area contributed by atoms with Crippen LogP contribution in [0, 0.1) is 0 Å². The van der Waals surface area contributed by atoms with Gasteiger partial charge in [-0.15, -0.1) is 0 Å². The zero-order valence-corrected chi connectivity index (χ0v) is 11.1. The number of carboxylic acid groups (broad SMARTS) is 1. The minimum atomic E-state index is -1.12. The average molecular weight is 298 g/mol. The first-order chi connectivity index (χ1) is 8.97. The number of aromatic carboxylic acids is 1. The van der Waals surface area contributed by atoms with E-state index in [9.17, 15) is 4.79 Å². The van der Waals surface area contributed by atoms with Crippen LogP contribution in [0.25, 0.3) is 0 Å². The summed E-state index contributed by atoms with van der Waals surface area (Å²) >= 11 is 11.8. The Hall–Kier alpha value is -1.91. The maximum Gasteiger partial charge on any atom is 0.337 e. The second-order valence-electron chi connectivity index (χ2n) is 3.73. The van der Waals surface area contributed by atoms with Crippen LogP contribution in [-0.4, -0.2) is 11.1 Å². The van der Waals surface area contributed by atoms with Gasteiger partial charge < -0.3 is 15.6 Å². The van der Waals surface area contributed by atoms with Crippen molar-refractivity contribution in [1.29, 1.82) is 0 Å². The lowest BCUT2D eigenvalue weighted by molar-refractivity contribution is 0.0697. The van der Waals surface area contributed by atoms with E-state index < -0.39 is 5.97 Å². The van der Waals surface area contributed by atoms with E-state index >= 15 is 0 Å². The van der Waals surface area contributed by atoms with Crippen molar-refractivity contribution in [2.45, 2.75) is 0 Å². The van der Waals surface area contributed by atoms with Crippen molar-refractivity contribution in [2.75, 3.05) is 5.73 Å². The molecule has 6 heteroatoms. The van der Waals surface area contributed by atoms with E-state index in [-0.39, 0.29) is 11.3 Å². The number of anilines is 1. The summed E-state index contributed by atoms with van der Waals surface area (Å²) < 4.78 is 5.50. The molecule has 0 aliphatic heterocycles. The van der Waals surface area contributed by atoms with Crippen molar-refractivity contribution in [3.05, 3.63) is 52.0 Å². The molecule has 2 aromatic carbocycles. The lowest BCUT2D eigenvalue weighted by atomic mass is 10.2. The molecule has 0 unspecified atom stereocenters. The largest absolute Gasteiger partial charge is 0.478 e. The molecule has 0 saturated heterocycles. The third-order valence-corrected chi connectivity index (χ3v) is 2.92. The lowest BCUT2D eigenvalue weighted by Gasteiger charge is -2.09. The molecule has 0 aliphatic rings. The molecule has 2 rings (SSSR count). The molecule has 0 radical (unpaired) electrons. The lowest BCUT2D eigenvalue weighted by Crippen LogP contribution is -2.02. The van der Waals surface area contributed by atoms with Crippen LogP contribution in [-0.2, 0) is 0 Å². The minimum absolute atomic E-state index is 0.0318. The van der Waals surface area contributed by atoms with Gasteiger partial charge in [-0.2, -0.15) is 0 Å². The normalized spacial score (nSPS) is 10.2. The van der Waals surface area contributed by atoms with Crippen LogP contribution < -0.4 is 10.5 Å². The van der Waals surface area contributed by atoms with Crippen molar-refractivity contribution in [1.82, 2.24) is 0 Å². The number of nitrogens with two attached hydrogens (primary N) is 1. The number of nitrogen functional groups attached to an aromatic ring is 1. The number of carboxylic acids is 1. The highest BCUT2D eigenvalue weighted by atomic mass is 35.5. The van der Waals surface area contributed by atoms with Crippen LogP contribution in [0.4, 0.5) is 5.69 Å². The highest BCUT2D eigenvalue weighted by molar-refractivity contribution is 6.34. The summed E-state index contributed by atoms with van der Waals surface area (Å²) in [6.07, 6.45) is 0. The molecule has 4 nitrogen and oxygen atoms in total. The van der Waals surface area contributed by atoms with Gasteiger partial charge in [0.2, 0.25) is 0 Å². The minimum Gasteiger partial charge on any atom is -0.478 e. The molecule has 0 spiro atoms. The summed E-state index contributed by atoms with van der Waals surface area (Å²) in [6, 6.07) is 9.10. The molecule has 0 atom stereocenters. The monoisotopic (exact) mass is 297 g/mol. The predicted octanol–water partition coefficient (Wildman–Crippen LogP) is 4.07. The first-order valence-electron chi connectivity index (χ1n) is 5.23. The van der Waals surface area contributed by atoms with Gasteiger partial charge in [0.05, 0.1) is 10.6 Å². The Labute approximate surface area is 119 Å². The van der Waals surface area contributed by atoms with Gasteiger partial charge in [-0.25, -0.2) is 4.79 Å². The predicted molar refractivity (Wildman–Crippen MR) is 74.3 cm³/mol. The number of halogens is 2. The fraction of sp³-hybridized carbons (Fsp3) is 0. The molecule has 0 saturated carbocycles. The summed E-state index contributed by atoms with van der Waals surface area (Å²) in [4.78, 5) is 11.0. The number of ether oxygens (including phenoxy) is 1. The van der Waals surface area contributed by atoms with Crippen LogP contribution in [0.15, 0.2) is 36.4 Å². The summed E-state index contributed by atoms with van der Waals surface area (Å²) in [6.45, 7) is 0. The fourth-order valence-corrected chi connectivity index (χ4v) is 1.78. The average Bonchev–Trinajstić information content (AvgIpc) is 2.36. The first kappa shape index (κ1) is 13.5. The molecule has 3 N–H and O–H groups in total. The van der Waals surface area contributed by atoms with Crippen molar-refractivity contribution >= 4 is 34.9 Å². The maximum atomic E-state index is 11.0. The zero-order chi connectivity index (χ0) is 14.0. The van der Waals surface area contributed by atoms with E-state index in [4.69, 9.17) is 38.8 Å². The molecule has 98 valence electrons. The van der Waals surface area contributed by atoms with E-state index in [0.717, 1.165) is 0 Å². The Kier molecular flexibility index (Phi) is 3.83. The van der Waals surface area contributed by atoms with Crippen LogP contribution in [0.3, 0.4) is 0 Å². The van der Waals surface area contributed by atoms with Crippen molar-refractivity contribution in [2.24, 2.45) is 0 Å². The van der Waals surface area contributed by atoms with E-state index in [1.165, 1.54) is 12.1 Å². The number of hydrogen-bond donors (Lipinski definition) is 2. The number of carbonyl (C=O) groups is 1. The van der Waals surface area contributed by atoms with Crippen molar-refractivity contribution < 1.29 is 14.6 Å². The van der Waals surface area contributed by atoms with Gasteiger partial charge in [-0.1, -0.05) is 23.2 Å². The molecule has 0 aromatic heterocycles. The van der Waals surface area contributed by atoms with Crippen LogP contribution in [0.5, 0.6) is 11.5 Å². The summed E-state index contributed by atoms with van der Waals surface area (Å²) in [5.74, 6) is -0.466. The van der Waals surface area contributed by atoms with Gasteiger partial charge in [0, 0.05) is 16.8 Å². The molecule has 0 fully saturated rings. The summed E-state index contributed by atoms with van der Waals surface area (Å²) in [5, 5.41) is 9.81. The third-order valence-electron chi connectivity index (χ3n) is 2.38. The van der Waals surface area contributed by atoms with E-state index in [1.54, 1.807) is 24.3 Å². The van der Waals surface area contributed by atoms with Gasteiger partial charge in [0.25, 0.3) is 0 Å². The van der Waals surface area contributed by atoms with Gasteiger partial charge in [0.15, 0.2) is 0 Å². The van der Waals surface area contributed by atoms with Gasteiger partial charge in [0.1, 0.15) is 11.5 Å². The van der Waals surface area contributed by atoms with Crippen LogP contribution in [0.1, 0.15) is 10.4 Å². The molecule has 0 aliphatic carbocycles. The second-order valence-corrected chi connectivity index (χ2v) is 4.57. The van der Waals surface area contributed by atoms with Crippen molar-refractivity contribution in [3.8, 4) is 11.5 Å². The Bertz CT molecular complexity index is 644. The standard InChI is InChI=1S/C13H9Cl2NO3/c14-7-1-3-10(15)12(5-7)19-8-2-4-11(16)9(6-8)13(17)18/h1-6H,16H2,(H,17,18). The number of hydrogen-bond acceptors (Lipinski definition) is 3. The molecule has 19 heavy (non-hydrogen) atoms. The van der Waals surface area contributed by atoms with Gasteiger partial charge >= 0.3 is 5.97 Å². The molecule has 0 amide bonds. The van der Waals surface area contributed by atoms with Gasteiger partial charge in [-0.05, 0) is 30.3 Å². The van der Waals surface area contributed by atoms with Crippen molar-refractivity contribution in [3.63, 3.8) is 0 Å². The Morgan fingerprint density at radius 3 is 2.58 bits per heavy atom. The molecular formula is C13H9Cl2NO3. The number of rotatable bonds is 3.